The Morgan fingerprint density at radius 2 is 1.93 bits per heavy atom. The van der Waals surface area contributed by atoms with E-state index in [1.54, 1.807) is 14.2 Å². The van der Waals surface area contributed by atoms with Crippen LogP contribution < -0.4 is 5.19 Å². The van der Waals surface area contributed by atoms with Crippen molar-refractivity contribution in [3.8, 4) is 6.07 Å². The van der Waals surface area contributed by atoms with Crippen molar-refractivity contribution in [1.29, 1.82) is 5.26 Å². The quantitative estimate of drug-likeness (QED) is 0.699. The summed E-state index contributed by atoms with van der Waals surface area (Å²) >= 11 is 0. The fraction of sp³-hybridized carbons (Fsp3) is 0.364. The molecule has 4 heteroatoms. The lowest BCUT2D eigenvalue weighted by Crippen LogP contribution is -2.37. The summed E-state index contributed by atoms with van der Waals surface area (Å²) in [7, 11) is 1.93. The van der Waals surface area contributed by atoms with Gasteiger partial charge >= 0.3 is 9.28 Å². The number of rotatable bonds is 5. The molecule has 0 unspecified atom stereocenters. The summed E-state index contributed by atoms with van der Waals surface area (Å²) in [6.45, 7) is 0. The second kappa shape index (κ2) is 6.35. The smallest absolute Gasteiger partial charge is 0.393 e. The van der Waals surface area contributed by atoms with Crippen LogP contribution in [0.2, 0.25) is 0 Å². The van der Waals surface area contributed by atoms with Crippen LogP contribution in [0.4, 0.5) is 0 Å². The highest BCUT2D eigenvalue weighted by atomic mass is 28.3. The summed E-state index contributed by atoms with van der Waals surface area (Å²) in [5, 5.41) is 9.67. The molecule has 0 atom stereocenters. The van der Waals surface area contributed by atoms with E-state index < -0.39 is 9.28 Å². The minimum absolute atomic E-state index is 0.527. The van der Waals surface area contributed by atoms with Crippen LogP contribution in [0.15, 0.2) is 24.3 Å². The van der Waals surface area contributed by atoms with Crippen LogP contribution in [0.3, 0.4) is 0 Å². The van der Waals surface area contributed by atoms with Gasteiger partial charge in [0.05, 0.1) is 6.07 Å². The molecular weight excluding hydrogens is 206 g/mol. The number of aryl methyl sites for hydroxylation is 1. The Hall–Kier alpha value is -1.15. The number of benzene rings is 1. The van der Waals surface area contributed by atoms with Crippen LogP contribution in [0.5, 0.6) is 0 Å². The molecule has 79 valence electrons. The van der Waals surface area contributed by atoms with E-state index >= 15 is 0 Å². The van der Waals surface area contributed by atoms with Crippen LogP contribution in [0, 0.1) is 11.3 Å². The van der Waals surface area contributed by atoms with Gasteiger partial charge in [0.25, 0.3) is 0 Å². The zero-order chi connectivity index (χ0) is 11.1. The molecule has 0 heterocycles. The van der Waals surface area contributed by atoms with Gasteiger partial charge in [-0.1, -0.05) is 24.3 Å². The summed E-state index contributed by atoms with van der Waals surface area (Å²) < 4.78 is 10.6. The van der Waals surface area contributed by atoms with Crippen LogP contribution in [-0.4, -0.2) is 23.5 Å². The minimum Gasteiger partial charge on any atom is -0.393 e. The van der Waals surface area contributed by atoms with Gasteiger partial charge in [0.15, 0.2) is 0 Å². The first-order valence-corrected chi connectivity index (χ1v) is 6.05. The van der Waals surface area contributed by atoms with E-state index in [4.69, 9.17) is 14.1 Å². The highest BCUT2D eigenvalue weighted by Gasteiger charge is 2.18. The average molecular weight is 220 g/mol. The van der Waals surface area contributed by atoms with Crippen molar-refractivity contribution in [2.45, 2.75) is 12.8 Å². The maximum absolute atomic E-state index is 8.57. The van der Waals surface area contributed by atoms with Gasteiger partial charge in [0.2, 0.25) is 0 Å². The van der Waals surface area contributed by atoms with E-state index in [1.807, 2.05) is 24.3 Å². The van der Waals surface area contributed by atoms with Crippen molar-refractivity contribution in [2.24, 2.45) is 0 Å². The molecule has 0 aliphatic carbocycles. The average Bonchev–Trinajstić information content (AvgIpc) is 2.29. The molecule has 15 heavy (non-hydrogen) atoms. The zero-order valence-electron chi connectivity index (χ0n) is 8.99. The molecule has 0 saturated heterocycles. The largest absolute Gasteiger partial charge is 0.423 e. The molecule has 1 aromatic carbocycles. The van der Waals surface area contributed by atoms with Gasteiger partial charge in [-0.2, -0.15) is 5.26 Å². The molecule has 1 aromatic rings. The standard InChI is InChI=1S/C11H14NO2Si/c1-13-15(14-2)11-8-4-3-6-10(11)7-5-9-12/h3-4,6,8H,5,7H2,1-2H3. The van der Waals surface area contributed by atoms with Crippen molar-refractivity contribution < 1.29 is 8.85 Å². The molecule has 0 aliphatic heterocycles. The van der Waals surface area contributed by atoms with Crippen LogP contribution >= 0.6 is 0 Å². The fourth-order valence-electron chi connectivity index (χ4n) is 1.43. The first-order valence-electron chi connectivity index (χ1n) is 4.73. The first-order chi connectivity index (χ1) is 7.33. The van der Waals surface area contributed by atoms with Crippen LogP contribution in [0.1, 0.15) is 12.0 Å². The normalized spacial score (nSPS) is 10.3. The predicted octanol–water partition coefficient (Wildman–Crippen LogP) is 1.13. The second-order valence-corrected chi connectivity index (χ2v) is 4.94. The molecule has 0 aliphatic rings. The van der Waals surface area contributed by atoms with E-state index in [9.17, 15) is 0 Å². The van der Waals surface area contributed by atoms with Gasteiger partial charge < -0.3 is 8.85 Å². The fourth-order valence-corrected chi connectivity index (χ4v) is 2.74. The molecule has 3 nitrogen and oxygen atoms in total. The molecule has 1 radical (unpaired) electrons. The maximum atomic E-state index is 8.57. The third kappa shape index (κ3) is 3.17. The zero-order valence-corrected chi connectivity index (χ0v) is 9.99. The van der Waals surface area contributed by atoms with E-state index in [0.717, 1.165) is 17.2 Å². The summed E-state index contributed by atoms with van der Waals surface area (Å²) in [5.74, 6) is 0. The Kier molecular flexibility index (Phi) is 5.05. The molecule has 1 rings (SSSR count). The van der Waals surface area contributed by atoms with Gasteiger partial charge in [-0.25, -0.2) is 0 Å². The molecule has 0 fully saturated rings. The minimum atomic E-state index is -1.37. The van der Waals surface area contributed by atoms with Gasteiger partial charge in [-0.15, -0.1) is 0 Å². The Morgan fingerprint density at radius 1 is 1.27 bits per heavy atom. The molecule has 0 aromatic heterocycles. The second-order valence-electron chi connectivity index (χ2n) is 3.01. The number of hydrogen-bond acceptors (Lipinski definition) is 3. The van der Waals surface area contributed by atoms with Crippen molar-refractivity contribution in [1.82, 2.24) is 0 Å². The van der Waals surface area contributed by atoms with Crippen molar-refractivity contribution in [2.75, 3.05) is 14.2 Å². The van der Waals surface area contributed by atoms with Crippen molar-refractivity contribution >= 4 is 14.5 Å². The molecule has 0 N–H and O–H groups in total. The lowest BCUT2D eigenvalue weighted by Gasteiger charge is -2.13. The Morgan fingerprint density at radius 3 is 2.53 bits per heavy atom. The lowest BCUT2D eigenvalue weighted by atomic mass is 10.1. The lowest BCUT2D eigenvalue weighted by molar-refractivity contribution is 0.291. The van der Waals surface area contributed by atoms with Gasteiger partial charge in [-0.05, 0) is 17.2 Å². The van der Waals surface area contributed by atoms with E-state index in [0.29, 0.717) is 6.42 Å². The molecule has 0 saturated carbocycles. The van der Waals surface area contributed by atoms with Gasteiger partial charge in [-0.3, -0.25) is 0 Å². The Labute approximate surface area is 92.1 Å². The number of nitrogens with zero attached hydrogens (tertiary/aromatic N) is 1. The third-order valence-corrected chi connectivity index (χ3v) is 3.78. The predicted molar refractivity (Wildman–Crippen MR) is 59.8 cm³/mol. The van der Waals surface area contributed by atoms with Crippen LogP contribution in [-0.2, 0) is 15.3 Å². The van der Waals surface area contributed by atoms with Crippen molar-refractivity contribution in [3.63, 3.8) is 0 Å². The van der Waals surface area contributed by atoms with Gasteiger partial charge in [0, 0.05) is 20.6 Å². The molecule has 0 spiro atoms. The third-order valence-electron chi connectivity index (χ3n) is 2.11. The number of nitriles is 1. The molecule has 0 bridgehead atoms. The van der Waals surface area contributed by atoms with E-state index in [2.05, 4.69) is 6.07 Å². The first kappa shape index (κ1) is 11.9. The van der Waals surface area contributed by atoms with E-state index in [1.165, 1.54) is 0 Å². The number of hydrogen-bond donors (Lipinski definition) is 0. The summed E-state index contributed by atoms with van der Waals surface area (Å²) in [4.78, 5) is 0. The highest BCUT2D eigenvalue weighted by molar-refractivity contribution is 6.61. The molecular formula is C11H14NO2Si. The van der Waals surface area contributed by atoms with Gasteiger partial charge in [0.1, 0.15) is 0 Å². The Bertz CT molecular complexity index is 345. The molecule has 0 amide bonds. The van der Waals surface area contributed by atoms with Crippen molar-refractivity contribution in [3.05, 3.63) is 29.8 Å². The summed E-state index contributed by atoms with van der Waals surface area (Å²) in [6.07, 6.45) is 1.28. The highest BCUT2D eigenvalue weighted by Crippen LogP contribution is 2.02. The van der Waals surface area contributed by atoms with Crippen LogP contribution in [0.25, 0.3) is 0 Å². The van der Waals surface area contributed by atoms with E-state index in [-0.39, 0.29) is 0 Å². The maximum Gasteiger partial charge on any atom is 0.423 e. The summed E-state index contributed by atoms with van der Waals surface area (Å²) in [5.41, 5.74) is 1.15. The monoisotopic (exact) mass is 220 g/mol. The SMILES string of the molecule is CO[Si](OC)c1ccccc1CCC#N. The topological polar surface area (TPSA) is 42.2 Å². The summed E-state index contributed by atoms with van der Waals surface area (Å²) in [6, 6.07) is 10.1. The Balaban J connectivity index is 2.90.